The van der Waals surface area contributed by atoms with Gasteiger partial charge in [0.05, 0.1) is 11.1 Å². The number of nitrogens with one attached hydrogen (secondary N) is 1. The normalized spacial score (nSPS) is 13.8. The van der Waals surface area contributed by atoms with Gasteiger partial charge in [-0.1, -0.05) is 11.8 Å². The van der Waals surface area contributed by atoms with E-state index < -0.39 is 11.9 Å². The van der Waals surface area contributed by atoms with Crippen LogP contribution in [0.2, 0.25) is 0 Å². The molecule has 0 aromatic carbocycles. The number of aryl methyl sites for hydroxylation is 2. The number of carbonyl (C=O) groups is 2. The average Bonchev–Trinajstić information content (AvgIpc) is 2.83. The molecule has 0 atom stereocenters. The van der Waals surface area contributed by atoms with E-state index in [9.17, 15) is 9.59 Å². The lowest BCUT2D eigenvalue weighted by Crippen LogP contribution is -2.36. The Bertz CT molecular complexity index is 758. The highest BCUT2D eigenvalue weighted by molar-refractivity contribution is 7.99. The van der Waals surface area contributed by atoms with E-state index in [1.165, 1.54) is 23.3 Å². The number of aromatic nitrogens is 2. The number of amides is 3. The molecule has 5 N–H and O–H groups in total. The van der Waals surface area contributed by atoms with Crippen LogP contribution in [0.4, 0.5) is 10.6 Å². The van der Waals surface area contributed by atoms with Crippen LogP contribution in [0, 0.1) is 0 Å². The second-order valence-corrected chi connectivity index (χ2v) is 7.01. The van der Waals surface area contributed by atoms with Crippen LogP contribution in [0.5, 0.6) is 0 Å². The van der Waals surface area contributed by atoms with E-state index in [2.05, 4.69) is 9.97 Å². The van der Waals surface area contributed by atoms with Crippen molar-refractivity contribution in [3.05, 3.63) is 10.4 Å². The molecule has 0 radical (unpaired) electrons. The maximum absolute atomic E-state index is 11.4. The Morgan fingerprint density at radius 2 is 2.05 bits per heavy atom. The van der Waals surface area contributed by atoms with Crippen LogP contribution >= 0.6 is 23.1 Å². The molecule has 3 amide bonds. The number of anilines is 1. The Morgan fingerprint density at radius 3 is 2.82 bits per heavy atom. The molecule has 116 valence electrons. The van der Waals surface area contributed by atoms with E-state index >= 15 is 0 Å². The molecular formula is C13H15N5O2S2. The van der Waals surface area contributed by atoms with Gasteiger partial charge in [0.15, 0.2) is 5.16 Å². The number of urea groups is 1. The number of hydrogen-bond acceptors (Lipinski definition) is 7. The van der Waals surface area contributed by atoms with Crippen molar-refractivity contribution in [1.82, 2.24) is 15.3 Å². The minimum Gasteiger partial charge on any atom is -0.383 e. The number of carbonyl (C=O) groups excluding carboxylic acids is 2. The minimum atomic E-state index is -0.868. The number of nitrogens with two attached hydrogens (primary N) is 2. The van der Waals surface area contributed by atoms with E-state index in [1.54, 1.807) is 11.3 Å². The molecule has 0 saturated carbocycles. The summed E-state index contributed by atoms with van der Waals surface area (Å²) in [6.07, 6.45) is 4.46. The van der Waals surface area contributed by atoms with Gasteiger partial charge in [-0.15, -0.1) is 11.3 Å². The van der Waals surface area contributed by atoms with Crippen molar-refractivity contribution in [2.75, 3.05) is 11.5 Å². The molecule has 0 unspecified atom stereocenters. The van der Waals surface area contributed by atoms with Gasteiger partial charge in [-0.05, 0) is 31.2 Å². The highest BCUT2D eigenvalue weighted by Crippen LogP contribution is 2.38. The first-order chi connectivity index (χ1) is 10.5. The zero-order chi connectivity index (χ0) is 15.7. The van der Waals surface area contributed by atoms with Crippen LogP contribution in [0.1, 0.15) is 23.3 Å². The zero-order valence-electron chi connectivity index (χ0n) is 11.7. The summed E-state index contributed by atoms with van der Waals surface area (Å²) in [6.45, 7) is 0. The molecule has 0 saturated heterocycles. The predicted octanol–water partition coefficient (Wildman–Crippen LogP) is 1.44. The number of primary amides is 1. The maximum atomic E-state index is 11.4. The number of thioether (sulfide) groups is 1. The van der Waals surface area contributed by atoms with Gasteiger partial charge in [0, 0.05) is 4.88 Å². The van der Waals surface area contributed by atoms with Crippen LogP contribution in [0.25, 0.3) is 10.2 Å². The third-order valence-corrected chi connectivity index (χ3v) is 5.45. The van der Waals surface area contributed by atoms with Crippen molar-refractivity contribution in [1.29, 1.82) is 0 Å². The van der Waals surface area contributed by atoms with Gasteiger partial charge in [0.2, 0.25) is 5.91 Å². The van der Waals surface area contributed by atoms with E-state index in [0.29, 0.717) is 11.0 Å². The lowest BCUT2D eigenvalue weighted by molar-refractivity contribution is -0.117. The van der Waals surface area contributed by atoms with E-state index in [0.717, 1.165) is 34.8 Å². The molecule has 3 rings (SSSR count). The van der Waals surface area contributed by atoms with Gasteiger partial charge in [0.1, 0.15) is 10.6 Å². The lowest BCUT2D eigenvalue weighted by atomic mass is 9.97. The predicted molar refractivity (Wildman–Crippen MR) is 86.9 cm³/mol. The minimum absolute atomic E-state index is 0.0129. The number of fused-ring (bicyclic) bond motifs is 3. The second-order valence-electron chi connectivity index (χ2n) is 4.98. The van der Waals surface area contributed by atoms with E-state index in [1.807, 2.05) is 5.32 Å². The number of nitrogens with zero attached hydrogens (tertiary/aromatic N) is 2. The van der Waals surface area contributed by atoms with Gasteiger partial charge in [-0.25, -0.2) is 14.8 Å². The summed E-state index contributed by atoms with van der Waals surface area (Å²) in [5, 5.41) is 3.40. The number of imide groups is 1. The average molecular weight is 337 g/mol. The van der Waals surface area contributed by atoms with Crippen LogP contribution < -0.4 is 16.8 Å². The molecule has 0 bridgehead atoms. The Labute approximate surface area is 134 Å². The molecule has 1 aliphatic carbocycles. The van der Waals surface area contributed by atoms with Gasteiger partial charge < -0.3 is 11.5 Å². The number of rotatable bonds is 3. The molecule has 0 fully saturated rings. The molecule has 0 aliphatic heterocycles. The first-order valence-electron chi connectivity index (χ1n) is 6.84. The summed E-state index contributed by atoms with van der Waals surface area (Å²) in [4.78, 5) is 33.0. The second kappa shape index (κ2) is 6.09. The molecule has 7 nitrogen and oxygen atoms in total. The van der Waals surface area contributed by atoms with Gasteiger partial charge in [0.25, 0.3) is 0 Å². The highest BCUT2D eigenvalue weighted by Gasteiger charge is 2.20. The summed E-state index contributed by atoms with van der Waals surface area (Å²) < 4.78 is 0. The Morgan fingerprint density at radius 1 is 1.27 bits per heavy atom. The van der Waals surface area contributed by atoms with Gasteiger partial charge in [-0.3, -0.25) is 10.1 Å². The molecule has 9 heteroatoms. The number of hydrogen-bond donors (Lipinski definition) is 3. The van der Waals surface area contributed by atoms with Gasteiger partial charge in [-0.2, -0.15) is 0 Å². The van der Waals surface area contributed by atoms with Crippen LogP contribution in [0.3, 0.4) is 0 Å². The fourth-order valence-electron chi connectivity index (χ4n) is 2.53. The monoisotopic (exact) mass is 337 g/mol. The molecular weight excluding hydrogens is 322 g/mol. The molecule has 0 spiro atoms. The fourth-order valence-corrected chi connectivity index (χ4v) is 4.51. The standard InChI is InChI=1S/C13H15N5O2S2/c14-10-9-6-3-1-2-4-7(6)22-11(9)18-13(17-10)21-5-8(19)16-12(15)20/h1-5H2,(H2,14,17,18)(H3,15,16,19,20). The van der Waals surface area contributed by atoms with Crippen molar-refractivity contribution >= 4 is 51.1 Å². The highest BCUT2D eigenvalue weighted by atomic mass is 32.2. The molecule has 22 heavy (non-hydrogen) atoms. The quantitative estimate of drug-likeness (QED) is 0.575. The van der Waals surface area contributed by atoms with Crippen LogP contribution in [-0.4, -0.2) is 27.7 Å². The van der Waals surface area contributed by atoms with Crippen LogP contribution in [0.15, 0.2) is 5.16 Å². The summed E-state index contributed by atoms with van der Waals surface area (Å²) in [5.41, 5.74) is 12.3. The fraction of sp³-hybridized carbons (Fsp3) is 0.385. The van der Waals surface area contributed by atoms with Crippen molar-refractivity contribution in [3.63, 3.8) is 0 Å². The van der Waals surface area contributed by atoms with E-state index in [-0.39, 0.29) is 5.75 Å². The SMILES string of the molecule is NC(=O)NC(=O)CSc1nc(N)c2c3c(sc2n1)CCCC3. The van der Waals surface area contributed by atoms with Gasteiger partial charge >= 0.3 is 6.03 Å². The lowest BCUT2D eigenvalue weighted by Gasteiger charge is -2.10. The summed E-state index contributed by atoms with van der Waals surface area (Å²) in [6, 6.07) is -0.868. The topological polar surface area (TPSA) is 124 Å². The molecule has 1 aliphatic rings. The molecule has 2 heterocycles. The third-order valence-electron chi connectivity index (χ3n) is 3.42. The summed E-state index contributed by atoms with van der Waals surface area (Å²) in [7, 11) is 0. The largest absolute Gasteiger partial charge is 0.383 e. The van der Waals surface area contributed by atoms with Crippen molar-refractivity contribution < 1.29 is 9.59 Å². The molecule has 2 aromatic rings. The Kier molecular flexibility index (Phi) is 4.16. The summed E-state index contributed by atoms with van der Waals surface area (Å²) in [5.74, 6) is -0.00800. The number of nitrogen functional groups attached to an aromatic ring is 1. The summed E-state index contributed by atoms with van der Waals surface area (Å²) >= 11 is 2.78. The van der Waals surface area contributed by atoms with Crippen molar-refractivity contribution in [2.24, 2.45) is 5.73 Å². The zero-order valence-corrected chi connectivity index (χ0v) is 13.4. The van der Waals surface area contributed by atoms with Crippen molar-refractivity contribution in [2.45, 2.75) is 30.8 Å². The maximum Gasteiger partial charge on any atom is 0.318 e. The van der Waals surface area contributed by atoms with Crippen molar-refractivity contribution in [3.8, 4) is 0 Å². The van der Waals surface area contributed by atoms with Crippen LogP contribution in [-0.2, 0) is 17.6 Å². The van der Waals surface area contributed by atoms with E-state index in [4.69, 9.17) is 11.5 Å². The first-order valence-corrected chi connectivity index (χ1v) is 8.64. The third kappa shape index (κ3) is 3.00. The Hall–Kier alpha value is -1.87. The molecule has 2 aromatic heterocycles. The first kappa shape index (κ1) is 15.0. The number of thiophene rings is 1. The smallest absolute Gasteiger partial charge is 0.318 e. The Balaban J connectivity index is 1.83.